The smallest absolute Gasteiger partial charge is 0.230 e. The third-order valence-corrected chi connectivity index (χ3v) is 8.50. The highest BCUT2D eigenvalue weighted by Crippen LogP contribution is 2.38. The van der Waals surface area contributed by atoms with Crippen molar-refractivity contribution in [2.24, 2.45) is 13.0 Å². The molecule has 174 valence electrons. The molecule has 1 amide bonds. The minimum atomic E-state index is -0.201. The highest BCUT2D eigenvalue weighted by molar-refractivity contribution is 7.99. The Labute approximate surface area is 201 Å². The lowest BCUT2D eigenvalue weighted by Crippen LogP contribution is -2.41. The maximum Gasteiger partial charge on any atom is 0.230 e. The van der Waals surface area contributed by atoms with Crippen LogP contribution in [0.1, 0.15) is 30.2 Å². The molecule has 0 saturated carbocycles. The SMILES string of the molecule is CCC1CCc2sc(-c3nnc(SCC(=O)NCC4COc5ccccc5O4)n3C)cc2C1. The lowest BCUT2D eigenvalue weighted by atomic mass is 9.87. The van der Waals surface area contributed by atoms with Gasteiger partial charge in [0, 0.05) is 11.9 Å². The molecule has 2 atom stereocenters. The number of hydrogen-bond donors (Lipinski definition) is 1. The van der Waals surface area contributed by atoms with Gasteiger partial charge in [0.2, 0.25) is 5.91 Å². The average Bonchev–Trinajstić information content (AvgIpc) is 3.43. The first-order chi connectivity index (χ1) is 16.1. The third kappa shape index (κ3) is 4.89. The number of para-hydroxylation sites is 2. The van der Waals surface area contributed by atoms with Crippen LogP contribution < -0.4 is 14.8 Å². The highest BCUT2D eigenvalue weighted by Gasteiger charge is 2.23. The van der Waals surface area contributed by atoms with Crippen LogP contribution in [0.2, 0.25) is 0 Å². The quantitative estimate of drug-likeness (QED) is 0.509. The molecule has 3 aromatic rings. The van der Waals surface area contributed by atoms with Crippen LogP contribution in [0.3, 0.4) is 0 Å². The number of aromatic nitrogens is 3. The summed E-state index contributed by atoms with van der Waals surface area (Å²) >= 11 is 3.23. The van der Waals surface area contributed by atoms with E-state index in [1.54, 1.807) is 0 Å². The van der Waals surface area contributed by atoms with E-state index in [0.29, 0.717) is 18.9 Å². The largest absolute Gasteiger partial charge is 0.486 e. The van der Waals surface area contributed by atoms with Gasteiger partial charge in [0.25, 0.3) is 0 Å². The normalized spacial score (nSPS) is 19.2. The molecule has 1 aliphatic carbocycles. The van der Waals surface area contributed by atoms with Gasteiger partial charge in [-0.1, -0.05) is 37.2 Å². The van der Waals surface area contributed by atoms with Crippen LogP contribution in [0, 0.1) is 5.92 Å². The number of carbonyl (C=O) groups excluding carboxylic acids is 1. The summed E-state index contributed by atoms with van der Waals surface area (Å²) in [5.74, 6) is 3.33. The number of fused-ring (bicyclic) bond motifs is 2. The van der Waals surface area contributed by atoms with Crippen LogP contribution in [0.25, 0.3) is 10.7 Å². The second-order valence-corrected chi connectivity index (χ2v) is 10.6. The molecule has 0 bridgehead atoms. The van der Waals surface area contributed by atoms with Crippen LogP contribution in [0.4, 0.5) is 0 Å². The third-order valence-electron chi connectivity index (χ3n) is 6.24. The van der Waals surface area contributed by atoms with E-state index in [4.69, 9.17) is 9.47 Å². The number of amides is 1. The first kappa shape index (κ1) is 22.3. The van der Waals surface area contributed by atoms with Gasteiger partial charge in [0.1, 0.15) is 12.7 Å². The summed E-state index contributed by atoms with van der Waals surface area (Å²) in [6.45, 7) is 3.10. The van der Waals surface area contributed by atoms with Crippen molar-refractivity contribution in [1.29, 1.82) is 0 Å². The topological polar surface area (TPSA) is 78.3 Å². The number of nitrogens with zero attached hydrogens (tertiary/aromatic N) is 3. The van der Waals surface area contributed by atoms with E-state index in [1.165, 1.54) is 47.9 Å². The van der Waals surface area contributed by atoms with E-state index in [2.05, 4.69) is 28.5 Å². The van der Waals surface area contributed by atoms with Gasteiger partial charge in [-0.3, -0.25) is 4.79 Å². The number of thioether (sulfide) groups is 1. The van der Waals surface area contributed by atoms with E-state index in [-0.39, 0.29) is 17.8 Å². The Morgan fingerprint density at radius 3 is 3.00 bits per heavy atom. The summed E-state index contributed by atoms with van der Waals surface area (Å²) in [5.41, 5.74) is 1.47. The fraction of sp³-hybridized carbons (Fsp3) is 0.458. The summed E-state index contributed by atoms with van der Waals surface area (Å²) in [7, 11) is 1.97. The van der Waals surface area contributed by atoms with Gasteiger partial charge in [-0.2, -0.15) is 0 Å². The van der Waals surface area contributed by atoms with Gasteiger partial charge in [0.05, 0.1) is 17.2 Å². The Morgan fingerprint density at radius 2 is 2.15 bits per heavy atom. The molecular formula is C24H28N4O3S2. The van der Waals surface area contributed by atoms with E-state index >= 15 is 0 Å². The fourth-order valence-corrected chi connectivity index (χ4v) is 6.26. The molecule has 7 nitrogen and oxygen atoms in total. The molecule has 2 aromatic heterocycles. The summed E-state index contributed by atoms with van der Waals surface area (Å²) < 4.78 is 13.6. The number of ether oxygens (including phenoxy) is 2. The second-order valence-electron chi connectivity index (χ2n) is 8.53. The molecule has 1 N–H and O–H groups in total. The lowest BCUT2D eigenvalue weighted by Gasteiger charge is -2.26. The summed E-state index contributed by atoms with van der Waals surface area (Å²) in [4.78, 5) is 15.1. The summed E-state index contributed by atoms with van der Waals surface area (Å²) in [5, 5.41) is 12.4. The Balaban J connectivity index is 1.14. The van der Waals surface area contributed by atoms with Crippen LogP contribution in [-0.2, 0) is 24.7 Å². The number of benzene rings is 1. The number of thiophene rings is 1. The standard InChI is InChI=1S/C24H28N4O3S2/c1-3-15-8-9-20-16(10-15)11-21(33-20)23-26-27-24(28(23)2)32-14-22(29)25-12-17-13-30-18-6-4-5-7-19(18)31-17/h4-7,11,15,17H,3,8-10,12-14H2,1-2H3,(H,25,29). The molecule has 3 heterocycles. The monoisotopic (exact) mass is 484 g/mol. The van der Waals surface area contributed by atoms with Crippen molar-refractivity contribution < 1.29 is 14.3 Å². The predicted molar refractivity (Wildman–Crippen MR) is 130 cm³/mol. The highest BCUT2D eigenvalue weighted by atomic mass is 32.2. The van der Waals surface area contributed by atoms with Crippen molar-refractivity contribution in [3.05, 3.63) is 40.8 Å². The van der Waals surface area contributed by atoms with Crippen molar-refractivity contribution in [2.75, 3.05) is 18.9 Å². The molecule has 2 aliphatic rings. The molecular weight excluding hydrogens is 456 g/mol. The van der Waals surface area contributed by atoms with Crippen LogP contribution in [0.5, 0.6) is 11.5 Å². The molecule has 0 fully saturated rings. The number of aryl methyl sites for hydroxylation is 1. The van der Waals surface area contributed by atoms with Gasteiger partial charge in [-0.15, -0.1) is 21.5 Å². The molecule has 0 radical (unpaired) electrons. The van der Waals surface area contributed by atoms with Crippen molar-refractivity contribution in [3.8, 4) is 22.2 Å². The van der Waals surface area contributed by atoms with Gasteiger partial charge >= 0.3 is 0 Å². The van der Waals surface area contributed by atoms with Crippen LogP contribution in [-0.4, -0.2) is 45.7 Å². The van der Waals surface area contributed by atoms with Crippen LogP contribution >= 0.6 is 23.1 Å². The first-order valence-electron chi connectivity index (χ1n) is 11.4. The molecule has 1 aliphatic heterocycles. The zero-order valence-electron chi connectivity index (χ0n) is 18.9. The number of hydrogen-bond acceptors (Lipinski definition) is 7. The van der Waals surface area contributed by atoms with E-state index in [1.807, 2.05) is 47.2 Å². The maximum atomic E-state index is 12.4. The van der Waals surface area contributed by atoms with E-state index < -0.39 is 0 Å². The summed E-state index contributed by atoms with van der Waals surface area (Å²) in [6.07, 6.45) is 4.66. The molecule has 2 unspecified atom stereocenters. The van der Waals surface area contributed by atoms with Crippen molar-refractivity contribution in [3.63, 3.8) is 0 Å². The van der Waals surface area contributed by atoms with Gasteiger partial charge in [0.15, 0.2) is 22.5 Å². The van der Waals surface area contributed by atoms with Crippen molar-refractivity contribution >= 4 is 29.0 Å². The maximum absolute atomic E-state index is 12.4. The van der Waals surface area contributed by atoms with Crippen molar-refractivity contribution in [2.45, 2.75) is 43.9 Å². The zero-order chi connectivity index (χ0) is 22.8. The number of rotatable bonds is 7. The average molecular weight is 485 g/mol. The van der Waals surface area contributed by atoms with Crippen molar-refractivity contribution in [1.82, 2.24) is 20.1 Å². The molecule has 33 heavy (non-hydrogen) atoms. The van der Waals surface area contributed by atoms with Gasteiger partial charge in [-0.25, -0.2) is 0 Å². The molecule has 9 heteroatoms. The van der Waals surface area contributed by atoms with E-state index in [9.17, 15) is 4.79 Å². The fourth-order valence-electron chi connectivity index (χ4n) is 4.29. The Kier molecular flexibility index (Phi) is 6.59. The Morgan fingerprint density at radius 1 is 1.30 bits per heavy atom. The summed E-state index contributed by atoms with van der Waals surface area (Å²) in [6, 6.07) is 9.85. The molecule has 0 saturated heterocycles. The molecule has 5 rings (SSSR count). The zero-order valence-corrected chi connectivity index (χ0v) is 20.5. The second kappa shape index (κ2) is 9.77. The van der Waals surface area contributed by atoms with E-state index in [0.717, 1.165) is 27.5 Å². The Hall–Kier alpha value is -2.52. The van der Waals surface area contributed by atoms with Gasteiger partial charge < -0.3 is 19.4 Å². The minimum Gasteiger partial charge on any atom is -0.486 e. The molecule has 1 aromatic carbocycles. The lowest BCUT2D eigenvalue weighted by molar-refractivity contribution is -0.119. The number of carbonyl (C=O) groups is 1. The Bertz CT molecular complexity index is 1140. The minimum absolute atomic E-state index is 0.0656. The number of nitrogens with one attached hydrogen (secondary N) is 1. The predicted octanol–water partition coefficient (Wildman–Crippen LogP) is 4.11. The first-order valence-corrected chi connectivity index (χ1v) is 13.2. The molecule has 0 spiro atoms. The van der Waals surface area contributed by atoms with Gasteiger partial charge in [-0.05, 0) is 48.9 Å². The van der Waals surface area contributed by atoms with Crippen LogP contribution in [0.15, 0.2) is 35.5 Å².